The molecule has 1 fully saturated rings. The summed E-state index contributed by atoms with van der Waals surface area (Å²) in [5.41, 5.74) is 3.79. The molecule has 1 saturated heterocycles. The topological polar surface area (TPSA) is 82.8 Å². The standard InChI is InChI=1S/C24H24N6O2S/c1-16-6-5-8-18(14-16)25-23(32)29-12-10-28(11-13-29)20-15-21(31)30-24(26-20)33-22(27-30)19-9-4-3-7-17(19)2/h3-9,14-15H,10-13H2,1-2H3,(H,25,32). The highest BCUT2D eigenvalue weighted by molar-refractivity contribution is 7.19. The first-order chi connectivity index (χ1) is 16.0. The Morgan fingerprint density at radius 1 is 1.00 bits per heavy atom. The number of nitrogens with one attached hydrogen (secondary N) is 1. The summed E-state index contributed by atoms with van der Waals surface area (Å²) in [6.45, 7) is 6.33. The second kappa shape index (κ2) is 8.67. The maximum atomic E-state index is 12.7. The van der Waals surface area contributed by atoms with Gasteiger partial charge in [0.25, 0.3) is 5.56 Å². The molecule has 2 aromatic carbocycles. The summed E-state index contributed by atoms with van der Waals surface area (Å²) >= 11 is 1.40. The molecule has 0 atom stereocenters. The lowest BCUT2D eigenvalue weighted by Crippen LogP contribution is -2.50. The van der Waals surface area contributed by atoms with Gasteiger partial charge in [-0.15, -0.1) is 0 Å². The molecule has 2 aromatic heterocycles. The highest BCUT2D eigenvalue weighted by Crippen LogP contribution is 2.27. The van der Waals surface area contributed by atoms with Gasteiger partial charge in [-0.25, -0.2) is 9.78 Å². The maximum absolute atomic E-state index is 12.7. The number of piperazine rings is 1. The van der Waals surface area contributed by atoms with E-state index in [9.17, 15) is 9.59 Å². The monoisotopic (exact) mass is 460 g/mol. The van der Waals surface area contributed by atoms with Crippen molar-refractivity contribution in [1.82, 2.24) is 19.5 Å². The van der Waals surface area contributed by atoms with Gasteiger partial charge in [-0.05, 0) is 37.1 Å². The van der Waals surface area contributed by atoms with E-state index in [1.807, 2.05) is 67.3 Å². The molecule has 0 unspecified atom stereocenters. The molecule has 9 heteroatoms. The number of carbonyl (C=O) groups excluding carboxylic acids is 1. The molecule has 0 aliphatic carbocycles. The molecule has 33 heavy (non-hydrogen) atoms. The second-order valence-corrected chi connectivity index (χ2v) is 9.10. The highest BCUT2D eigenvalue weighted by Gasteiger charge is 2.23. The number of rotatable bonds is 3. The molecule has 0 spiro atoms. The summed E-state index contributed by atoms with van der Waals surface area (Å²) < 4.78 is 1.36. The Bertz CT molecular complexity index is 1390. The van der Waals surface area contributed by atoms with Crippen LogP contribution in [0.3, 0.4) is 0 Å². The van der Waals surface area contributed by atoms with E-state index in [4.69, 9.17) is 4.98 Å². The minimum absolute atomic E-state index is 0.117. The number of benzene rings is 2. The predicted molar refractivity (Wildman–Crippen MR) is 131 cm³/mol. The van der Waals surface area contributed by atoms with Gasteiger partial charge in [0.2, 0.25) is 4.96 Å². The first-order valence-electron chi connectivity index (χ1n) is 10.8. The number of hydrogen-bond donors (Lipinski definition) is 1. The van der Waals surface area contributed by atoms with Gasteiger partial charge in [-0.1, -0.05) is 47.7 Å². The zero-order chi connectivity index (χ0) is 22.9. The van der Waals surface area contributed by atoms with E-state index in [-0.39, 0.29) is 11.6 Å². The lowest BCUT2D eigenvalue weighted by Gasteiger charge is -2.35. The van der Waals surface area contributed by atoms with Gasteiger partial charge in [-0.3, -0.25) is 4.79 Å². The van der Waals surface area contributed by atoms with Crippen molar-refractivity contribution in [2.45, 2.75) is 13.8 Å². The lowest BCUT2D eigenvalue weighted by molar-refractivity contribution is 0.208. The fourth-order valence-corrected chi connectivity index (χ4v) is 4.94. The van der Waals surface area contributed by atoms with Crippen molar-refractivity contribution in [2.75, 3.05) is 36.4 Å². The van der Waals surface area contributed by atoms with E-state index in [1.54, 1.807) is 4.90 Å². The van der Waals surface area contributed by atoms with E-state index >= 15 is 0 Å². The van der Waals surface area contributed by atoms with Gasteiger partial charge in [0, 0.05) is 43.5 Å². The van der Waals surface area contributed by atoms with E-state index in [2.05, 4.69) is 10.4 Å². The Labute approximate surface area is 195 Å². The van der Waals surface area contributed by atoms with Gasteiger partial charge >= 0.3 is 6.03 Å². The summed E-state index contributed by atoms with van der Waals surface area (Å²) in [7, 11) is 0. The number of carbonyl (C=O) groups is 1. The van der Waals surface area contributed by atoms with Crippen LogP contribution in [-0.2, 0) is 0 Å². The number of anilines is 2. The van der Waals surface area contributed by atoms with Crippen molar-refractivity contribution < 1.29 is 4.79 Å². The van der Waals surface area contributed by atoms with Crippen molar-refractivity contribution in [3.63, 3.8) is 0 Å². The molecule has 168 valence electrons. The maximum Gasteiger partial charge on any atom is 0.321 e. The van der Waals surface area contributed by atoms with Crippen molar-refractivity contribution in [3.05, 3.63) is 76.1 Å². The Morgan fingerprint density at radius 2 is 1.79 bits per heavy atom. The Morgan fingerprint density at radius 3 is 2.55 bits per heavy atom. The molecule has 0 bridgehead atoms. The van der Waals surface area contributed by atoms with Crippen LogP contribution >= 0.6 is 11.3 Å². The van der Waals surface area contributed by atoms with Gasteiger partial charge < -0.3 is 15.1 Å². The van der Waals surface area contributed by atoms with E-state index < -0.39 is 0 Å². The summed E-state index contributed by atoms with van der Waals surface area (Å²) in [6, 6.07) is 17.1. The molecular formula is C24H24N6O2S. The third kappa shape index (κ3) is 4.31. The zero-order valence-corrected chi connectivity index (χ0v) is 19.3. The zero-order valence-electron chi connectivity index (χ0n) is 18.5. The second-order valence-electron chi connectivity index (χ2n) is 8.14. The molecule has 4 aromatic rings. The molecule has 1 aliphatic heterocycles. The van der Waals surface area contributed by atoms with Crippen LogP contribution < -0.4 is 15.8 Å². The number of urea groups is 1. The molecule has 1 aliphatic rings. The molecule has 1 N–H and O–H groups in total. The number of nitrogens with zero attached hydrogens (tertiary/aromatic N) is 5. The van der Waals surface area contributed by atoms with Crippen LogP contribution in [0.1, 0.15) is 11.1 Å². The van der Waals surface area contributed by atoms with Gasteiger partial charge in [0.15, 0.2) is 0 Å². The van der Waals surface area contributed by atoms with Crippen LogP contribution in [0.4, 0.5) is 16.3 Å². The molecule has 2 amide bonds. The largest absolute Gasteiger partial charge is 0.353 e. The van der Waals surface area contributed by atoms with Crippen LogP contribution in [0.15, 0.2) is 59.4 Å². The van der Waals surface area contributed by atoms with Crippen LogP contribution in [0, 0.1) is 13.8 Å². The smallest absolute Gasteiger partial charge is 0.321 e. The molecule has 0 saturated carbocycles. The SMILES string of the molecule is Cc1cccc(NC(=O)N2CCN(c3cc(=O)n4nc(-c5ccccc5C)sc4n3)CC2)c1. The van der Waals surface area contributed by atoms with Crippen molar-refractivity contribution in [2.24, 2.45) is 0 Å². The molecule has 5 rings (SSSR count). The van der Waals surface area contributed by atoms with Gasteiger partial charge in [0.05, 0.1) is 0 Å². The first-order valence-corrected chi connectivity index (χ1v) is 11.6. The number of aryl methyl sites for hydroxylation is 2. The Balaban J connectivity index is 1.31. The Kier molecular flexibility index (Phi) is 5.55. The quantitative estimate of drug-likeness (QED) is 0.503. The van der Waals surface area contributed by atoms with Gasteiger partial charge in [0.1, 0.15) is 10.8 Å². The average Bonchev–Trinajstić information content (AvgIpc) is 3.24. The predicted octanol–water partition coefficient (Wildman–Crippen LogP) is 3.79. The van der Waals surface area contributed by atoms with E-state index in [0.29, 0.717) is 37.0 Å². The summed E-state index contributed by atoms with van der Waals surface area (Å²) in [5, 5.41) is 8.22. The number of aromatic nitrogens is 3. The lowest BCUT2D eigenvalue weighted by atomic mass is 10.1. The van der Waals surface area contributed by atoms with Crippen molar-refractivity contribution in [3.8, 4) is 10.6 Å². The highest BCUT2D eigenvalue weighted by atomic mass is 32.1. The van der Waals surface area contributed by atoms with Crippen LogP contribution in [-0.4, -0.2) is 51.7 Å². The number of fused-ring (bicyclic) bond motifs is 1. The van der Waals surface area contributed by atoms with Crippen LogP contribution in [0.2, 0.25) is 0 Å². The number of hydrogen-bond acceptors (Lipinski definition) is 6. The van der Waals surface area contributed by atoms with Crippen LogP contribution in [0.5, 0.6) is 0 Å². The average molecular weight is 461 g/mol. The third-order valence-corrected chi connectivity index (χ3v) is 6.71. The minimum Gasteiger partial charge on any atom is -0.353 e. The minimum atomic E-state index is -0.203. The van der Waals surface area contributed by atoms with E-state index in [1.165, 1.54) is 21.9 Å². The summed E-state index contributed by atoms with van der Waals surface area (Å²) in [5.74, 6) is 0.624. The summed E-state index contributed by atoms with van der Waals surface area (Å²) in [6.07, 6.45) is 0. The van der Waals surface area contributed by atoms with Crippen molar-refractivity contribution in [1.29, 1.82) is 0 Å². The Hall–Kier alpha value is -3.72. The van der Waals surface area contributed by atoms with E-state index in [0.717, 1.165) is 27.4 Å². The fraction of sp³-hybridized carbons (Fsp3) is 0.250. The molecule has 3 heterocycles. The molecular weight excluding hydrogens is 436 g/mol. The summed E-state index contributed by atoms with van der Waals surface area (Å²) in [4.78, 5) is 34.5. The number of amides is 2. The first kappa shape index (κ1) is 21.1. The molecule has 8 nitrogen and oxygen atoms in total. The van der Waals surface area contributed by atoms with Crippen LogP contribution in [0.25, 0.3) is 15.5 Å². The molecule has 0 radical (unpaired) electrons. The van der Waals surface area contributed by atoms with Crippen molar-refractivity contribution >= 4 is 33.8 Å². The van der Waals surface area contributed by atoms with Gasteiger partial charge in [-0.2, -0.15) is 9.61 Å². The normalized spacial score (nSPS) is 14.0. The third-order valence-electron chi connectivity index (χ3n) is 5.77. The fourth-order valence-electron chi connectivity index (χ4n) is 3.95.